The Balaban J connectivity index is 2.38. The first-order valence-corrected chi connectivity index (χ1v) is 5.90. The Morgan fingerprint density at radius 1 is 1.59 bits per heavy atom. The van der Waals surface area contributed by atoms with E-state index in [4.69, 9.17) is 5.11 Å². The van der Waals surface area contributed by atoms with Crippen LogP contribution in [0.1, 0.15) is 25.7 Å². The van der Waals surface area contributed by atoms with Gasteiger partial charge in [0, 0.05) is 13.6 Å². The van der Waals surface area contributed by atoms with E-state index in [9.17, 15) is 9.59 Å². The van der Waals surface area contributed by atoms with Gasteiger partial charge >= 0.3 is 12.0 Å². The van der Waals surface area contributed by atoms with Crippen LogP contribution < -0.4 is 5.32 Å². The molecule has 1 aliphatic rings. The molecule has 0 radical (unpaired) electrons. The first-order chi connectivity index (χ1) is 8.04. The highest BCUT2D eigenvalue weighted by Gasteiger charge is 2.24. The van der Waals surface area contributed by atoms with Crippen LogP contribution in [0.2, 0.25) is 0 Å². The maximum atomic E-state index is 11.7. The number of nitrogens with zero attached hydrogens (tertiary/aromatic N) is 1. The minimum absolute atomic E-state index is 0.234. The third-order valence-electron chi connectivity index (χ3n) is 3.10. The minimum Gasteiger partial charge on any atom is -0.480 e. The lowest BCUT2D eigenvalue weighted by Gasteiger charge is -2.30. The number of carbonyl (C=O) groups is 2. The van der Waals surface area contributed by atoms with E-state index in [1.54, 1.807) is 11.9 Å². The fourth-order valence-corrected chi connectivity index (χ4v) is 1.79. The van der Waals surface area contributed by atoms with Gasteiger partial charge in [-0.15, -0.1) is 6.58 Å². The third-order valence-corrected chi connectivity index (χ3v) is 3.10. The molecule has 2 amide bonds. The first kappa shape index (κ1) is 13.5. The van der Waals surface area contributed by atoms with Crippen molar-refractivity contribution in [2.24, 2.45) is 5.92 Å². The van der Waals surface area contributed by atoms with Crippen molar-refractivity contribution in [3.63, 3.8) is 0 Å². The molecule has 0 aromatic rings. The predicted molar refractivity (Wildman–Crippen MR) is 64.7 cm³/mol. The van der Waals surface area contributed by atoms with E-state index in [2.05, 4.69) is 11.9 Å². The van der Waals surface area contributed by atoms with Crippen molar-refractivity contribution in [1.29, 1.82) is 0 Å². The summed E-state index contributed by atoms with van der Waals surface area (Å²) in [5.74, 6) is -0.455. The summed E-state index contributed by atoms with van der Waals surface area (Å²) in [6.07, 6.45) is 5.27. The zero-order chi connectivity index (χ0) is 12.8. The SMILES string of the molecule is C=CCC(NC(=O)N(C)CC1CCC1)C(=O)O. The average Bonchev–Trinajstić information content (AvgIpc) is 2.22. The Morgan fingerprint density at radius 2 is 2.24 bits per heavy atom. The lowest BCUT2D eigenvalue weighted by Crippen LogP contribution is -2.48. The quantitative estimate of drug-likeness (QED) is 0.690. The Hall–Kier alpha value is -1.52. The highest BCUT2D eigenvalue weighted by Crippen LogP contribution is 2.26. The van der Waals surface area contributed by atoms with Crippen LogP contribution in [0.3, 0.4) is 0 Å². The molecule has 17 heavy (non-hydrogen) atoms. The number of rotatable bonds is 6. The van der Waals surface area contributed by atoms with Gasteiger partial charge in [-0.1, -0.05) is 12.5 Å². The molecule has 0 aliphatic heterocycles. The van der Waals surface area contributed by atoms with Crippen molar-refractivity contribution in [3.05, 3.63) is 12.7 Å². The Morgan fingerprint density at radius 3 is 2.65 bits per heavy atom. The molecule has 1 aliphatic carbocycles. The Labute approximate surface area is 101 Å². The van der Waals surface area contributed by atoms with Crippen LogP contribution in [-0.2, 0) is 4.79 Å². The van der Waals surface area contributed by atoms with Crippen molar-refractivity contribution in [1.82, 2.24) is 10.2 Å². The summed E-state index contributed by atoms with van der Waals surface area (Å²) < 4.78 is 0. The number of amides is 2. The van der Waals surface area contributed by atoms with E-state index >= 15 is 0 Å². The fourth-order valence-electron chi connectivity index (χ4n) is 1.79. The van der Waals surface area contributed by atoms with Gasteiger partial charge in [-0.3, -0.25) is 0 Å². The number of aliphatic carboxylic acids is 1. The summed E-state index contributed by atoms with van der Waals surface area (Å²) in [6, 6.07) is -1.21. The lowest BCUT2D eigenvalue weighted by molar-refractivity contribution is -0.139. The zero-order valence-electron chi connectivity index (χ0n) is 10.2. The van der Waals surface area contributed by atoms with Gasteiger partial charge in [-0.05, 0) is 25.2 Å². The monoisotopic (exact) mass is 240 g/mol. The van der Waals surface area contributed by atoms with Crippen LogP contribution in [0.15, 0.2) is 12.7 Å². The van der Waals surface area contributed by atoms with E-state index in [1.807, 2.05) is 0 Å². The number of nitrogens with one attached hydrogen (secondary N) is 1. The Kier molecular flexibility index (Phi) is 5.00. The number of carbonyl (C=O) groups excluding carboxylic acids is 1. The molecular formula is C12H20N2O3. The van der Waals surface area contributed by atoms with E-state index in [1.165, 1.54) is 12.5 Å². The molecule has 1 saturated carbocycles. The van der Waals surface area contributed by atoms with E-state index < -0.39 is 12.0 Å². The molecule has 5 nitrogen and oxygen atoms in total. The molecular weight excluding hydrogens is 220 g/mol. The summed E-state index contributed by atoms with van der Waals surface area (Å²) in [7, 11) is 1.69. The number of urea groups is 1. The smallest absolute Gasteiger partial charge is 0.326 e. The van der Waals surface area contributed by atoms with Gasteiger partial charge in [0.1, 0.15) is 6.04 Å². The third kappa shape index (κ3) is 4.09. The summed E-state index contributed by atoms with van der Waals surface area (Å²) >= 11 is 0. The summed E-state index contributed by atoms with van der Waals surface area (Å²) in [4.78, 5) is 24.1. The molecule has 0 saturated heterocycles. The molecule has 1 unspecified atom stereocenters. The van der Waals surface area contributed by atoms with Crippen molar-refractivity contribution in [3.8, 4) is 0 Å². The number of carboxylic acid groups (broad SMARTS) is 1. The van der Waals surface area contributed by atoms with Crippen molar-refractivity contribution in [2.45, 2.75) is 31.7 Å². The fraction of sp³-hybridized carbons (Fsp3) is 0.667. The molecule has 0 aromatic carbocycles. The molecule has 1 atom stereocenters. The zero-order valence-corrected chi connectivity index (χ0v) is 10.2. The lowest BCUT2D eigenvalue weighted by atomic mass is 9.85. The van der Waals surface area contributed by atoms with Crippen LogP contribution in [0.25, 0.3) is 0 Å². The van der Waals surface area contributed by atoms with Crippen molar-refractivity contribution < 1.29 is 14.7 Å². The molecule has 0 aromatic heterocycles. The van der Waals surface area contributed by atoms with Gasteiger partial charge in [0.25, 0.3) is 0 Å². The topological polar surface area (TPSA) is 69.6 Å². The normalized spacial score (nSPS) is 16.8. The molecule has 5 heteroatoms. The molecule has 96 valence electrons. The van der Waals surface area contributed by atoms with E-state index in [-0.39, 0.29) is 12.5 Å². The highest BCUT2D eigenvalue weighted by molar-refractivity contribution is 5.82. The highest BCUT2D eigenvalue weighted by atomic mass is 16.4. The number of carboxylic acids is 1. The first-order valence-electron chi connectivity index (χ1n) is 5.90. The van der Waals surface area contributed by atoms with Gasteiger partial charge in [0.05, 0.1) is 0 Å². The average molecular weight is 240 g/mol. The second kappa shape index (κ2) is 6.27. The Bertz CT molecular complexity index is 300. The van der Waals surface area contributed by atoms with Gasteiger partial charge in [-0.25, -0.2) is 9.59 Å². The van der Waals surface area contributed by atoms with Crippen LogP contribution in [-0.4, -0.2) is 41.6 Å². The summed E-state index contributed by atoms with van der Waals surface area (Å²) in [5, 5.41) is 11.4. The maximum absolute atomic E-state index is 11.7. The van der Waals surface area contributed by atoms with Gasteiger partial charge < -0.3 is 15.3 Å². The molecule has 1 fully saturated rings. The molecule has 0 bridgehead atoms. The molecule has 0 heterocycles. The molecule has 1 rings (SSSR count). The van der Waals surface area contributed by atoms with Gasteiger partial charge in [0.15, 0.2) is 0 Å². The van der Waals surface area contributed by atoms with Crippen LogP contribution in [0.5, 0.6) is 0 Å². The molecule has 0 spiro atoms. The number of hydrogen-bond acceptors (Lipinski definition) is 2. The van der Waals surface area contributed by atoms with Crippen molar-refractivity contribution >= 4 is 12.0 Å². The van der Waals surface area contributed by atoms with E-state index in [0.29, 0.717) is 12.5 Å². The number of hydrogen-bond donors (Lipinski definition) is 2. The molecule has 2 N–H and O–H groups in total. The van der Waals surface area contributed by atoms with Gasteiger partial charge in [-0.2, -0.15) is 0 Å². The summed E-state index contributed by atoms with van der Waals surface area (Å²) in [5.41, 5.74) is 0. The largest absolute Gasteiger partial charge is 0.480 e. The van der Waals surface area contributed by atoms with Crippen LogP contribution in [0.4, 0.5) is 4.79 Å². The standard InChI is InChI=1S/C12H20N2O3/c1-3-5-10(11(15)16)13-12(17)14(2)8-9-6-4-7-9/h3,9-10H,1,4-8H2,2H3,(H,13,17)(H,15,16). The second-order valence-corrected chi connectivity index (χ2v) is 4.54. The second-order valence-electron chi connectivity index (χ2n) is 4.54. The van der Waals surface area contributed by atoms with Crippen molar-refractivity contribution in [2.75, 3.05) is 13.6 Å². The van der Waals surface area contributed by atoms with Gasteiger partial charge in [0.2, 0.25) is 0 Å². The van der Waals surface area contributed by atoms with E-state index in [0.717, 1.165) is 12.8 Å². The minimum atomic E-state index is -1.03. The maximum Gasteiger partial charge on any atom is 0.326 e. The summed E-state index contributed by atoms with van der Waals surface area (Å²) in [6.45, 7) is 4.18. The van der Waals surface area contributed by atoms with Crippen LogP contribution >= 0.6 is 0 Å². The predicted octanol–water partition coefficient (Wildman–Crippen LogP) is 1.46. The van der Waals surface area contributed by atoms with Crippen LogP contribution in [0, 0.1) is 5.92 Å².